The number of aromatic nitrogens is 2. The van der Waals surface area contributed by atoms with Crippen LogP contribution in [0.25, 0.3) is 22.5 Å². The van der Waals surface area contributed by atoms with Crippen molar-refractivity contribution in [1.82, 2.24) is 15.4 Å². The summed E-state index contributed by atoms with van der Waals surface area (Å²) in [7, 11) is 0. The monoisotopic (exact) mass is 462 g/mol. The van der Waals surface area contributed by atoms with E-state index in [0.717, 1.165) is 11.1 Å². The average Bonchev–Trinajstić information content (AvgIpc) is 2.83. The van der Waals surface area contributed by atoms with Crippen LogP contribution in [0.3, 0.4) is 0 Å². The van der Waals surface area contributed by atoms with Gasteiger partial charge in [-0.25, -0.2) is 15.4 Å². The first kappa shape index (κ1) is 21.5. The highest BCUT2D eigenvalue weighted by atomic mass is 35.5. The van der Waals surface area contributed by atoms with E-state index < -0.39 is 5.91 Å². The molecule has 0 aliphatic rings. The van der Waals surface area contributed by atoms with Gasteiger partial charge >= 0.3 is 5.91 Å². The lowest BCUT2D eigenvalue weighted by atomic mass is 10.1. The van der Waals surface area contributed by atoms with E-state index in [1.807, 2.05) is 66.7 Å². The van der Waals surface area contributed by atoms with Crippen LogP contribution in [0.4, 0.5) is 0 Å². The van der Waals surface area contributed by atoms with E-state index in [4.69, 9.17) is 23.2 Å². The minimum absolute atomic E-state index is 0.0456. The first-order chi connectivity index (χ1) is 15.5. The van der Waals surface area contributed by atoms with E-state index in [1.54, 1.807) is 0 Å². The maximum Gasteiger partial charge on any atom is 0.309 e. The molecule has 6 nitrogen and oxygen atoms in total. The second kappa shape index (κ2) is 9.60. The molecule has 1 aromatic heterocycles. The first-order valence-corrected chi connectivity index (χ1v) is 10.3. The summed E-state index contributed by atoms with van der Waals surface area (Å²) in [5, 5.41) is 14.3. The molecule has 0 spiro atoms. The zero-order valence-corrected chi connectivity index (χ0v) is 18.0. The number of nitrogens with one attached hydrogen (secondary N) is 1. The predicted octanol–water partition coefficient (Wildman–Crippen LogP) is 5.59. The van der Waals surface area contributed by atoms with Crippen molar-refractivity contribution in [2.24, 2.45) is 5.10 Å². The van der Waals surface area contributed by atoms with Gasteiger partial charge in [-0.3, -0.25) is 4.79 Å². The topological polar surface area (TPSA) is 87.5 Å². The predicted molar refractivity (Wildman–Crippen MR) is 126 cm³/mol. The molecule has 3 aromatic carbocycles. The molecule has 0 saturated heterocycles. The van der Waals surface area contributed by atoms with Gasteiger partial charge in [0.05, 0.1) is 22.6 Å². The molecule has 158 valence electrons. The van der Waals surface area contributed by atoms with Crippen molar-refractivity contribution < 1.29 is 9.90 Å². The Hall–Kier alpha value is -3.74. The van der Waals surface area contributed by atoms with E-state index in [0.29, 0.717) is 16.4 Å². The van der Waals surface area contributed by atoms with Crippen LogP contribution in [0.2, 0.25) is 10.0 Å². The average molecular weight is 463 g/mol. The lowest BCUT2D eigenvalue weighted by Gasteiger charge is -2.08. The lowest BCUT2D eigenvalue weighted by Crippen LogP contribution is -2.21. The third-order valence-electron chi connectivity index (χ3n) is 4.50. The van der Waals surface area contributed by atoms with E-state index in [9.17, 15) is 9.90 Å². The quantitative estimate of drug-likeness (QED) is 0.299. The molecule has 0 unspecified atom stereocenters. The molecule has 2 N–H and O–H groups in total. The van der Waals surface area contributed by atoms with Crippen LogP contribution in [-0.4, -0.2) is 27.2 Å². The van der Waals surface area contributed by atoms with Crippen molar-refractivity contribution in [3.05, 3.63) is 100 Å². The number of nitrogens with zero attached hydrogens (tertiary/aromatic N) is 3. The van der Waals surface area contributed by atoms with Gasteiger partial charge in [0.25, 0.3) is 0 Å². The highest BCUT2D eigenvalue weighted by Gasteiger charge is 2.14. The Morgan fingerprint density at radius 3 is 2.00 bits per heavy atom. The van der Waals surface area contributed by atoms with Gasteiger partial charge in [-0.15, -0.1) is 0 Å². The fraction of sp³-hybridized carbons (Fsp3) is 0. The number of hydrogen-bond donors (Lipinski definition) is 2. The Morgan fingerprint density at radius 1 is 0.875 bits per heavy atom. The van der Waals surface area contributed by atoms with Crippen molar-refractivity contribution in [1.29, 1.82) is 0 Å². The van der Waals surface area contributed by atoms with Gasteiger partial charge in [0.1, 0.15) is 5.75 Å². The molecule has 0 radical (unpaired) electrons. The van der Waals surface area contributed by atoms with Crippen molar-refractivity contribution in [2.75, 3.05) is 0 Å². The number of carbonyl (C=O) groups excluding carboxylic acids is 1. The summed E-state index contributed by atoms with van der Waals surface area (Å²) in [5.41, 5.74) is 5.54. The second-order valence-corrected chi connectivity index (χ2v) is 7.56. The van der Waals surface area contributed by atoms with E-state index in [1.165, 1.54) is 18.3 Å². The summed E-state index contributed by atoms with van der Waals surface area (Å²) in [6, 6.07) is 23.7. The Morgan fingerprint density at radius 2 is 1.44 bits per heavy atom. The summed E-state index contributed by atoms with van der Waals surface area (Å²) in [4.78, 5) is 21.6. The van der Waals surface area contributed by atoms with Crippen LogP contribution in [0, 0.1) is 0 Å². The Bertz CT molecular complexity index is 1240. The molecule has 0 saturated carbocycles. The minimum atomic E-state index is -0.608. The van der Waals surface area contributed by atoms with Gasteiger partial charge in [0, 0.05) is 21.7 Å². The normalized spacial score (nSPS) is 10.9. The van der Waals surface area contributed by atoms with Crippen LogP contribution in [-0.2, 0) is 0 Å². The van der Waals surface area contributed by atoms with Crippen molar-refractivity contribution in [2.45, 2.75) is 0 Å². The van der Waals surface area contributed by atoms with E-state index >= 15 is 0 Å². The largest absolute Gasteiger partial charge is 0.506 e. The molecule has 4 rings (SSSR count). The standard InChI is InChI=1S/C24H16Cl2N4O2/c25-18-11-17(22(31)19(26)12-18)14-27-30-24(32)23-28-20(15-7-3-1-4-8-15)13-21(29-23)16-9-5-2-6-10-16/h1-14,31H,(H,30,32)/b27-14-. The lowest BCUT2D eigenvalue weighted by molar-refractivity contribution is 0.0945. The number of phenols is 1. The number of benzene rings is 3. The van der Waals surface area contributed by atoms with Crippen LogP contribution >= 0.6 is 23.2 Å². The highest BCUT2D eigenvalue weighted by Crippen LogP contribution is 2.30. The first-order valence-electron chi connectivity index (χ1n) is 9.52. The molecule has 0 bridgehead atoms. The van der Waals surface area contributed by atoms with Crippen LogP contribution in [0.15, 0.2) is 84.0 Å². The molecule has 1 heterocycles. The number of phenolic OH excluding ortho intramolecular Hbond substituents is 1. The maximum absolute atomic E-state index is 12.8. The molecular weight excluding hydrogens is 447 g/mol. The van der Waals surface area contributed by atoms with Gasteiger partial charge in [0.2, 0.25) is 5.82 Å². The molecule has 0 aliphatic heterocycles. The Balaban J connectivity index is 1.66. The van der Waals surface area contributed by atoms with Gasteiger partial charge in [-0.1, -0.05) is 83.9 Å². The third-order valence-corrected chi connectivity index (χ3v) is 5.00. The number of aromatic hydroxyl groups is 1. The molecule has 1 amide bonds. The number of carbonyl (C=O) groups is 1. The van der Waals surface area contributed by atoms with Gasteiger partial charge in [-0.2, -0.15) is 5.10 Å². The molecule has 8 heteroatoms. The van der Waals surface area contributed by atoms with Crippen LogP contribution in [0.1, 0.15) is 16.2 Å². The SMILES string of the molecule is O=C(N/N=C\c1cc(Cl)cc(Cl)c1O)c1nc(-c2ccccc2)cc(-c2ccccc2)n1. The van der Waals surface area contributed by atoms with Crippen molar-refractivity contribution in [3.8, 4) is 28.3 Å². The van der Waals surface area contributed by atoms with Gasteiger partial charge in [0.15, 0.2) is 0 Å². The zero-order chi connectivity index (χ0) is 22.5. The van der Waals surface area contributed by atoms with E-state index in [-0.39, 0.29) is 22.2 Å². The number of halogens is 2. The summed E-state index contributed by atoms with van der Waals surface area (Å²) in [6.07, 6.45) is 1.24. The summed E-state index contributed by atoms with van der Waals surface area (Å²) < 4.78 is 0. The highest BCUT2D eigenvalue weighted by molar-refractivity contribution is 6.36. The van der Waals surface area contributed by atoms with Crippen molar-refractivity contribution >= 4 is 35.3 Å². The second-order valence-electron chi connectivity index (χ2n) is 6.72. The summed E-state index contributed by atoms with van der Waals surface area (Å²) >= 11 is 11.9. The molecular formula is C24H16Cl2N4O2. The van der Waals surface area contributed by atoms with E-state index in [2.05, 4.69) is 20.5 Å². The zero-order valence-electron chi connectivity index (χ0n) is 16.5. The maximum atomic E-state index is 12.8. The third kappa shape index (κ3) is 4.94. The Kier molecular flexibility index (Phi) is 6.44. The van der Waals surface area contributed by atoms with Crippen LogP contribution < -0.4 is 5.43 Å². The minimum Gasteiger partial charge on any atom is -0.506 e. The van der Waals surface area contributed by atoms with Gasteiger partial charge in [-0.05, 0) is 18.2 Å². The molecule has 4 aromatic rings. The Labute approximate surface area is 194 Å². The smallest absolute Gasteiger partial charge is 0.309 e. The fourth-order valence-corrected chi connectivity index (χ4v) is 3.47. The number of hydrogen-bond acceptors (Lipinski definition) is 5. The summed E-state index contributed by atoms with van der Waals surface area (Å²) in [5.74, 6) is -0.845. The summed E-state index contributed by atoms with van der Waals surface area (Å²) in [6.45, 7) is 0. The number of rotatable bonds is 5. The fourth-order valence-electron chi connectivity index (χ4n) is 2.96. The number of hydrazone groups is 1. The molecule has 0 atom stereocenters. The molecule has 0 aliphatic carbocycles. The van der Waals surface area contributed by atoms with Crippen LogP contribution in [0.5, 0.6) is 5.75 Å². The molecule has 32 heavy (non-hydrogen) atoms. The van der Waals surface area contributed by atoms with Crippen molar-refractivity contribution in [3.63, 3.8) is 0 Å². The van der Waals surface area contributed by atoms with Gasteiger partial charge < -0.3 is 5.11 Å². The number of amides is 1. The molecule has 0 fully saturated rings.